The van der Waals surface area contributed by atoms with Crippen molar-refractivity contribution < 1.29 is 0 Å². The summed E-state index contributed by atoms with van der Waals surface area (Å²) < 4.78 is 2.08. The molecule has 1 aliphatic heterocycles. The predicted molar refractivity (Wildman–Crippen MR) is 93.5 cm³/mol. The van der Waals surface area contributed by atoms with Crippen LogP contribution in [-0.4, -0.2) is 27.9 Å². The molecule has 1 atom stereocenters. The predicted octanol–water partition coefficient (Wildman–Crippen LogP) is 2.83. The van der Waals surface area contributed by atoms with Gasteiger partial charge in [-0.15, -0.1) is 10.2 Å². The van der Waals surface area contributed by atoms with Gasteiger partial charge in [0, 0.05) is 38.3 Å². The molecule has 1 aromatic heterocycles. The van der Waals surface area contributed by atoms with Gasteiger partial charge in [0.1, 0.15) is 11.6 Å². The largest absolute Gasteiger partial charge is 0.372 e. The number of aryl methyl sites for hydroxylation is 1. The van der Waals surface area contributed by atoms with Crippen molar-refractivity contribution in [3.63, 3.8) is 0 Å². The van der Waals surface area contributed by atoms with Gasteiger partial charge in [-0.05, 0) is 37.5 Å². The first-order chi connectivity index (χ1) is 11.2. The van der Waals surface area contributed by atoms with Gasteiger partial charge in [-0.1, -0.05) is 19.1 Å². The first kappa shape index (κ1) is 16.0. The van der Waals surface area contributed by atoms with Crippen molar-refractivity contribution in [2.75, 3.05) is 18.0 Å². The average molecular weight is 313 g/mol. The molecule has 1 aromatic carbocycles. The molecule has 0 spiro atoms. The summed E-state index contributed by atoms with van der Waals surface area (Å²) in [6, 6.07) is 9.19. The third-order valence-corrected chi connectivity index (χ3v) is 4.78. The molecular weight excluding hydrogens is 286 g/mol. The standard InChI is InChI=1S/C18H27N5/c1-4-17-20-21-18(22(17)3)13-19-14(2)15-8-7-9-16(12-15)23-10-5-6-11-23/h7-9,12,14,19H,4-6,10-11,13H2,1-3H3/t14-/m0/s1. The number of nitrogens with one attached hydrogen (secondary N) is 1. The normalized spacial score (nSPS) is 16.0. The molecule has 0 bridgehead atoms. The van der Waals surface area contributed by atoms with E-state index >= 15 is 0 Å². The van der Waals surface area contributed by atoms with Gasteiger partial charge in [0.15, 0.2) is 0 Å². The van der Waals surface area contributed by atoms with E-state index < -0.39 is 0 Å². The Bertz CT molecular complexity index is 643. The molecule has 2 aromatic rings. The van der Waals surface area contributed by atoms with E-state index in [4.69, 9.17) is 0 Å². The van der Waals surface area contributed by atoms with Gasteiger partial charge < -0.3 is 14.8 Å². The van der Waals surface area contributed by atoms with Gasteiger partial charge in [0.25, 0.3) is 0 Å². The van der Waals surface area contributed by atoms with Crippen LogP contribution in [0.4, 0.5) is 5.69 Å². The summed E-state index contributed by atoms with van der Waals surface area (Å²) in [5.74, 6) is 2.02. The van der Waals surface area contributed by atoms with Gasteiger partial charge >= 0.3 is 0 Å². The van der Waals surface area contributed by atoms with Crippen LogP contribution in [-0.2, 0) is 20.0 Å². The van der Waals surface area contributed by atoms with E-state index in [1.54, 1.807) is 0 Å². The topological polar surface area (TPSA) is 46.0 Å². The second-order valence-electron chi connectivity index (χ2n) is 6.34. The smallest absolute Gasteiger partial charge is 0.146 e. The second-order valence-corrected chi connectivity index (χ2v) is 6.34. The zero-order valence-electron chi connectivity index (χ0n) is 14.4. The van der Waals surface area contributed by atoms with Crippen molar-refractivity contribution in [2.45, 2.75) is 45.7 Å². The Labute approximate surface area is 138 Å². The number of nitrogens with zero attached hydrogens (tertiary/aromatic N) is 4. The Balaban J connectivity index is 1.64. The molecule has 1 N–H and O–H groups in total. The summed E-state index contributed by atoms with van der Waals surface area (Å²) in [6.07, 6.45) is 3.53. The van der Waals surface area contributed by atoms with Crippen molar-refractivity contribution in [3.05, 3.63) is 41.5 Å². The van der Waals surface area contributed by atoms with Crippen molar-refractivity contribution in [1.29, 1.82) is 0 Å². The van der Waals surface area contributed by atoms with E-state index in [0.717, 1.165) is 24.6 Å². The molecule has 5 heteroatoms. The maximum atomic E-state index is 4.28. The fourth-order valence-electron chi connectivity index (χ4n) is 3.19. The van der Waals surface area contributed by atoms with Crippen LogP contribution in [0.25, 0.3) is 0 Å². The molecule has 23 heavy (non-hydrogen) atoms. The van der Waals surface area contributed by atoms with Crippen LogP contribution in [0.3, 0.4) is 0 Å². The van der Waals surface area contributed by atoms with E-state index in [0.29, 0.717) is 6.04 Å². The maximum absolute atomic E-state index is 4.28. The Hall–Kier alpha value is -1.88. The third-order valence-electron chi connectivity index (χ3n) is 4.78. The molecule has 1 saturated heterocycles. The fourth-order valence-corrected chi connectivity index (χ4v) is 3.19. The summed E-state index contributed by atoms with van der Waals surface area (Å²) in [6.45, 7) is 7.42. The highest BCUT2D eigenvalue weighted by Gasteiger charge is 2.14. The first-order valence-electron chi connectivity index (χ1n) is 8.64. The summed E-state index contributed by atoms with van der Waals surface area (Å²) in [5.41, 5.74) is 2.67. The number of rotatable bonds is 6. The molecule has 0 saturated carbocycles. The minimum absolute atomic E-state index is 0.291. The Morgan fingerprint density at radius 1 is 1.17 bits per heavy atom. The molecular formula is C18H27N5. The zero-order chi connectivity index (χ0) is 16.2. The van der Waals surface area contributed by atoms with Gasteiger partial charge in [-0.25, -0.2) is 0 Å². The highest BCUT2D eigenvalue weighted by molar-refractivity contribution is 5.49. The highest BCUT2D eigenvalue weighted by atomic mass is 15.3. The molecule has 0 amide bonds. The molecule has 3 rings (SSSR count). The van der Waals surface area contributed by atoms with Crippen molar-refractivity contribution in [1.82, 2.24) is 20.1 Å². The van der Waals surface area contributed by atoms with Gasteiger partial charge in [0.05, 0.1) is 6.54 Å². The summed E-state index contributed by atoms with van der Waals surface area (Å²) in [7, 11) is 2.04. The van der Waals surface area contributed by atoms with Gasteiger partial charge in [-0.2, -0.15) is 0 Å². The van der Waals surface area contributed by atoms with E-state index in [9.17, 15) is 0 Å². The molecule has 0 radical (unpaired) electrons. The van der Waals surface area contributed by atoms with Crippen molar-refractivity contribution >= 4 is 5.69 Å². The van der Waals surface area contributed by atoms with Gasteiger partial charge in [-0.3, -0.25) is 0 Å². The van der Waals surface area contributed by atoms with E-state index in [1.165, 1.54) is 37.2 Å². The minimum Gasteiger partial charge on any atom is -0.372 e. The lowest BCUT2D eigenvalue weighted by Crippen LogP contribution is -2.21. The Morgan fingerprint density at radius 3 is 2.61 bits per heavy atom. The van der Waals surface area contributed by atoms with Crippen LogP contribution in [0.5, 0.6) is 0 Å². The van der Waals surface area contributed by atoms with E-state index in [-0.39, 0.29) is 0 Å². The lowest BCUT2D eigenvalue weighted by Gasteiger charge is -2.20. The number of hydrogen-bond acceptors (Lipinski definition) is 4. The van der Waals surface area contributed by atoms with Crippen LogP contribution >= 0.6 is 0 Å². The van der Waals surface area contributed by atoms with Crippen LogP contribution in [0, 0.1) is 0 Å². The fraction of sp³-hybridized carbons (Fsp3) is 0.556. The van der Waals surface area contributed by atoms with E-state index in [2.05, 4.69) is 63.1 Å². The lowest BCUT2D eigenvalue weighted by molar-refractivity contribution is 0.546. The van der Waals surface area contributed by atoms with Gasteiger partial charge in [0.2, 0.25) is 0 Å². The second kappa shape index (κ2) is 7.13. The van der Waals surface area contributed by atoms with Crippen molar-refractivity contribution in [3.8, 4) is 0 Å². The quantitative estimate of drug-likeness (QED) is 0.891. The zero-order valence-corrected chi connectivity index (χ0v) is 14.4. The summed E-state index contributed by atoms with van der Waals surface area (Å²) >= 11 is 0. The van der Waals surface area contributed by atoms with Crippen LogP contribution in [0.1, 0.15) is 49.9 Å². The molecule has 0 aliphatic carbocycles. The molecule has 1 aliphatic rings. The van der Waals surface area contributed by atoms with Crippen LogP contribution < -0.4 is 10.2 Å². The number of anilines is 1. The molecule has 124 valence electrons. The molecule has 2 heterocycles. The summed E-state index contributed by atoms with van der Waals surface area (Å²) in [4.78, 5) is 2.48. The Kier molecular flexibility index (Phi) is 4.96. The number of aromatic nitrogens is 3. The monoisotopic (exact) mass is 313 g/mol. The van der Waals surface area contributed by atoms with E-state index in [1.807, 2.05) is 7.05 Å². The molecule has 5 nitrogen and oxygen atoms in total. The number of benzene rings is 1. The molecule has 0 unspecified atom stereocenters. The lowest BCUT2D eigenvalue weighted by atomic mass is 10.1. The third kappa shape index (κ3) is 3.55. The average Bonchev–Trinajstić information content (AvgIpc) is 3.23. The first-order valence-corrected chi connectivity index (χ1v) is 8.64. The van der Waals surface area contributed by atoms with Crippen LogP contribution in [0.2, 0.25) is 0 Å². The highest BCUT2D eigenvalue weighted by Crippen LogP contribution is 2.24. The maximum Gasteiger partial charge on any atom is 0.146 e. The van der Waals surface area contributed by atoms with Crippen LogP contribution in [0.15, 0.2) is 24.3 Å². The minimum atomic E-state index is 0.291. The number of hydrogen-bond donors (Lipinski definition) is 1. The molecule has 1 fully saturated rings. The van der Waals surface area contributed by atoms with Crippen molar-refractivity contribution in [2.24, 2.45) is 7.05 Å². The Morgan fingerprint density at radius 2 is 1.91 bits per heavy atom. The SMILES string of the molecule is CCc1nnc(CN[C@@H](C)c2cccc(N3CCCC3)c2)n1C. The summed E-state index contributed by atoms with van der Waals surface area (Å²) in [5, 5.41) is 12.1.